The average molecular weight is 589 g/mol. The number of methoxy groups -OCH3 is 1. The average Bonchev–Trinajstić information content (AvgIpc) is 2.83. The number of hydrogen-bond acceptors (Lipinski definition) is 7. The van der Waals surface area contributed by atoms with Crippen molar-refractivity contribution in [2.75, 3.05) is 30.8 Å². The van der Waals surface area contributed by atoms with Crippen molar-refractivity contribution in [1.29, 1.82) is 0 Å². The second-order valence-corrected chi connectivity index (χ2v) is 11.7. The summed E-state index contributed by atoms with van der Waals surface area (Å²) in [6, 6.07) is 7.05. The molecule has 2 aromatic rings. The zero-order valence-corrected chi connectivity index (χ0v) is 23.9. The molecule has 0 heterocycles. The number of anilines is 1. The molecule has 0 aliphatic rings. The molecule has 38 heavy (non-hydrogen) atoms. The van der Waals surface area contributed by atoms with Crippen molar-refractivity contribution in [3.8, 4) is 5.75 Å². The fraction of sp³-hybridized carbons (Fsp3) is 0.417. The summed E-state index contributed by atoms with van der Waals surface area (Å²) in [5.41, 5.74) is -0.112. The number of rotatable bonds is 12. The van der Waals surface area contributed by atoms with E-state index in [2.05, 4.69) is 5.32 Å². The van der Waals surface area contributed by atoms with Crippen LogP contribution in [-0.4, -0.2) is 62.6 Å². The predicted molar refractivity (Wildman–Crippen MR) is 146 cm³/mol. The first-order valence-electron chi connectivity index (χ1n) is 11.5. The second-order valence-electron chi connectivity index (χ2n) is 8.96. The van der Waals surface area contributed by atoms with E-state index >= 15 is 0 Å². The van der Waals surface area contributed by atoms with E-state index in [4.69, 9.17) is 27.9 Å². The molecular weight excluding hydrogens is 559 g/mol. The molecule has 0 saturated heterocycles. The van der Waals surface area contributed by atoms with Gasteiger partial charge in [0.05, 0.1) is 18.3 Å². The molecule has 208 valence electrons. The van der Waals surface area contributed by atoms with Crippen LogP contribution in [-0.2, 0) is 26.2 Å². The maximum atomic E-state index is 13.7. The molecule has 0 fully saturated rings. The van der Waals surface area contributed by atoms with E-state index in [1.807, 2.05) is 13.8 Å². The van der Waals surface area contributed by atoms with Gasteiger partial charge in [-0.1, -0.05) is 43.1 Å². The number of ether oxygens (including phenoxy) is 1. The van der Waals surface area contributed by atoms with Crippen molar-refractivity contribution in [1.82, 2.24) is 10.2 Å². The van der Waals surface area contributed by atoms with E-state index < -0.39 is 45.0 Å². The molecular formula is C24H30Cl2N4O7S. The summed E-state index contributed by atoms with van der Waals surface area (Å²) in [4.78, 5) is 38.4. The lowest BCUT2D eigenvalue weighted by Gasteiger charge is -2.32. The molecule has 14 heteroatoms. The summed E-state index contributed by atoms with van der Waals surface area (Å²) in [6.07, 6.45) is 0.859. The fourth-order valence-corrected chi connectivity index (χ4v) is 4.76. The Kier molecular flexibility index (Phi) is 10.7. The highest BCUT2D eigenvalue weighted by atomic mass is 35.5. The lowest BCUT2D eigenvalue weighted by Crippen LogP contribution is -2.51. The monoisotopic (exact) mass is 588 g/mol. The number of halogens is 2. The smallest absolute Gasteiger partial charge is 0.271 e. The minimum Gasteiger partial charge on any atom is -0.495 e. The van der Waals surface area contributed by atoms with Crippen LogP contribution >= 0.6 is 23.2 Å². The third kappa shape index (κ3) is 8.20. The summed E-state index contributed by atoms with van der Waals surface area (Å²) in [7, 11) is -2.87. The number of sulfonamides is 1. The Balaban J connectivity index is 2.53. The van der Waals surface area contributed by atoms with Crippen molar-refractivity contribution < 1.29 is 27.7 Å². The minimum absolute atomic E-state index is 0.00356. The van der Waals surface area contributed by atoms with Crippen LogP contribution in [0.15, 0.2) is 36.4 Å². The Morgan fingerprint density at radius 1 is 1.13 bits per heavy atom. The van der Waals surface area contributed by atoms with E-state index in [0.717, 1.165) is 18.4 Å². The summed E-state index contributed by atoms with van der Waals surface area (Å²) in [6.45, 7) is 4.82. The SMILES string of the molecule is COc1ccc([N+](=O)[O-])cc1N(CC(=O)N(Cc1ccc(Cl)cc1Cl)[C@@H](C)C(=O)NCC(C)C)S(C)(=O)=O. The number of carbonyl (C=O) groups is 2. The summed E-state index contributed by atoms with van der Waals surface area (Å²) in [5.74, 6) is -1.04. The molecule has 0 unspecified atom stereocenters. The number of hydrogen-bond donors (Lipinski definition) is 1. The third-order valence-electron chi connectivity index (χ3n) is 5.53. The zero-order chi connectivity index (χ0) is 28.8. The van der Waals surface area contributed by atoms with Gasteiger partial charge in [-0.3, -0.25) is 24.0 Å². The van der Waals surface area contributed by atoms with E-state index in [1.165, 1.54) is 31.1 Å². The lowest BCUT2D eigenvalue weighted by molar-refractivity contribution is -0.384. The lowest BCUT2D eigenvalue weighted by atomic mass is 10.1. The normalized spacial score (nSPS) is 12.1. The summed E-state index contributed by atoms with van der Waals surface area (Å²) >= 11 is 12.3. The van der Waals surface area contributed by atoms with Gasteiger partial charge in [-0.05, 0) is 36.6 Å². The quantitative estimate of drug-likeness (QED) is 0.293. The highest BCUT2D eigenvalue weighted by molar-refractivity contribution is 7.92. The first-order chi connectivity index (χ1) is 17.6. The molecule has 2 rings (SSSR count). The van der Waals surface area contributed by atoms with Crippen LogP contribution in [0.3, 0.4) is 0 Å². The van der Waals surface area contributed by atoms with E-state index in [9.17, 15) is 28.1 Å². The van der Waals surface area contributed by atoms with Crippen molar-refractivity contribution in [3.05, 3.63) is 62.1 Å². The Bertz CT molecular complexity index is 1300. The van der Waals surface area contributed by atoms with Crippen molar-refractivity contribution in [2.45, 2.75) is 33.4 Å². The van der Waals surface area contributed by atoms with Crippen LogP contribution in [0.4, 0.5) is 11.4 Å². The van der Waals surface area contributed by atoms with Crippen molar-refractivity contribution >= 4 is 56.4 Å². The first kappa shape index (κ1) is 31.1. The number of carbonyl (C=O) groups excluding carboxylic acids is 2. The van der Waals surface area contributed by atoms with Crippen LogP contribution in [0.5, 0.6) is 5.75 Å². The molecule has 1 atom stereocenters. The third-order valence-corrected chi connectivity index (χ3v) is 7.24. The van der Waals surface area contributed by atoms with Gasteiger partial charge in [0.2, 0.25) is 21.8 Å². The number of non-ortho nitro benzene ring substituents is 1. The fourth-order valence-electron chi connectivity index (χ4n) is 3.45. The van der Waals surface area contributed by atoms with Gasteiger partial charge in [-0.25, -0.2) is 8.42 Å². The largest absolute Gasteiger partial charge is 0.495 e. The number of nitro groups is 1. The molecule has 0 bridgehead atoms. The van der Waals surface area contributed by atoms with Crippen LogP contribution in [0.2, 0.25) is 10.0 Å². The van der Waals surface area contributed by atoms with Gasteiger partial charge in [0.25, 0.3) is 5.69 Å². The molecule has 1 N–H and O–H groups in total. The Morgan fingerprint density at radius 3 is 2.32 bits per heavy atom. The van der Waals surface area contributed by atoms with Gasteiger partial charge < -0.3 is 15.0 Å². The number of nitro benzene ring substituents is 1. The van der Waals surface area contributed by atoms with Gasteiger partial charge in [0.1, 0.15) is 24.0 Å². The van der Waals surface area contributed by atoms with Crippen LogP contribution in [0.1, 0.15) is 26.3 Å². The number of benzene rings is 2. The molecule has 11 nitrogen and oxygen atoms in total. The van der Waals surface area contributed by atoms with Gasteiger partial charge in [-0.15, -0.1) is 0 Å². The van der Waals surface area contributed by atoms with Gasteiger partial charge >= 0.3 is 0 Å². The maximum absolute atomic E-state index is 13.7. The number of nitrogens with zero attached hydrogens (tertiary/aromatic N) is 3. The molecule has 2 aromatic carbocycles. The number of amides is 2. The predicted octanol–water partition coefficient (Wildman–Crippen LogP) is 3.87. The van der Waals surface area contributed by atoms with E-state index in [-0.39, 0.29) is 28.9 Å². The molecule has 0 aliphatic carbocycles. The Morgan fingerprint density at radius 2 is 1.79 bits per heavy atom. The first-order valence-corrected chi connectivity index (χ1v) is 14.1. The van der Waals surface area contributed by atoms with Crippen molar-refractivity contribution in [3.63, 3.8) is 0 Å². The second kappa shape index (κ2) is 13.1. The standard InChI is InChI=1S/C24H30Cl2N4O7S/c1-15(2)12-27-24(32)16(3)28(13-17-6-7-18(25)10-20(17)26)23(31)14-29(38(5,35)36)21-11-19(30(33)34)8-9-22(21)37-4/h6-11,15-16H,12-14H2,1-5H3,(H,27,32)/t16-/m0/s1. The highest BCUT2D eigenvalue weighted by Gasteiger charge is 2.32. The molecule has 0 saturated carbocycles. The highest BCUT2D eigenvalue weighted by Crippen LogP contribution is 2.34. The maximum Gasteiger partial charge on any atom is 0.271 e. The summed E-state index contributed by atoms with van der Waals surface area (Å²) < 4.78 is 31.5. The molecule has 2 amide bonds. The van der Waals surface area contributed by atoms with Gasteiger partial charge in [0.15, 0.2) is 0 Å². The van der Waals surface area contributed by atoms with E-state index in [1.54, 1.807) is 12.1 Å². The molecule has 0 aliphatic heterocycles. The van der Waals surface area contributed by atoms with Gasteiger partial charge in [-0.2, -0.15) is 0 Å². The van der Waals surface area contributed by atoms with Crippen LogP contribution < -0.4 is 14.4 Å². The summed E-state index contributed by atoms with van der Waals surface area (Å²) in [5, 5.41) is 14.7. The van der Waals surface area contributed by atoms with Crippen molar-refractivity contribution in [2.24, 2.45) is 5.92 Å². The molecule has 0 spiro atoms. The molecule has 0 aromatic heterocycles. The number of nitrogens with one attached hydrogen (secondary N) is 1. The zero-order valence-electron chi connectivity index (χ0n) is 21.6. The van der Waals surface area contributed by atoms with Gasteiger partial charge in [0, 0.05) is 35.3 Å². The Labute approximate surface area is 231 Å². The minimum atomic E-state index is -4.14. The van der Waals surface area contributed by atoms with E-state index in [0.29, 0.717) is 21.4 Å². The topological polar surface area (TPSA) is 139 Å². The van der Waals surface area contributed by atoms with Crippen LogP contribution in [0, 0.1) is 16.0 Å². The van der Waals surface area contributed by atoms with Crippen LogP contribution in [0.25, 0.3) is 0 Å². The Hall–Kier alpha value is -3.09. The molecule has 0 radical (unpaired) electrons.